The highest BCUT2D eigenvalue weighted by Crippen LogP contribution is 2.41. The second kappa shape index (κ2) is 12.9. The first-order valence-corrected chi connectivity index (χ1v) is 14.3. The minimum Gasteiger partial charge on any atom is -0.497 e. The molecule has 0 N–H and O–H groups in total. The lowest BCUT2D eigenvalue weighted by molar-refractivity contribution is -0.134. The zero-order valence-electron chi connectivity index (χ0n) is 21.8. The van der Waals surface area contributed by atoms with Gasteiger partial charge in [0.2, 0.25) is 5.91 Å². The zero-order valence-corrected chi connectivity index (χ0v) is 24.2. The van der Waals surface area contributed by atoms with E-state index in [1.54, 1.807) is 53.7 Å². The fourth-order valence-electron chi connectivity index (χ4n) is 4.85. The highest BCUT2D eigenvalue weighted by atomic mass is 35.5. The molecule has 0 spiro atoms. The predicted molar refractivity (Wildman–Crippen MR) is 153 cm³/mol. The summed E-state index contributed by atoms with van der Waals surface area (Å²) in [6, 6.07) is 12.2. The lowest BCUT2D eigenvalue weighted by Crippen LogP contribution is -2.47. The Bertz CT molecular complexity index is 1300. The largest absolute Gasteiger partial charge is 0.497 e. The van der Waals surface area contributed by atoms with Gasteiger partial charge in [0.05, 0.1) is 25.8 Å². The Hall–Kier alpha value is -2.74. The van der Waals surface area contributed by atoms with Crippen LogP contribution in [0.25, 0.3) is 0 Å². The number of thiophene rings is 1. The van der Waals surface area contributed by atoms with E-state index in [2.05, 4.69) is 13.0 Å². The Morgan fingerprint density at radius 2 is 1.87 bits per heavy atom. The summed E-state index contributed by atoms with van der Waals surface area (Å²) in [4.78, 5) is 32.4. The van der Waals surface area contributed by atoms with Crippen LogP contribution in [0, 0.1) is 0 Å². The molecule has 1 atom stereocenters. The number of halogens is 2. The molecule has 0 saturated heterocycles. The molecule has 0 saturated carbocycles. The standard InChI is InChI=1S/C29H32Cl2N2O4S/c1-4-5-6-13-32(29(35)22-10-8-20(36-2)17-25(22)37-3)18-27(34)33-14-11-26-23(12-15-38-26)28(33)21-9-7-19(30)16-24(21)31/h7-10,12,15-17,28H,4-6,11,13-14,18H2,1-3H3. The van der Waals surface area contributed by atoms with E-state index in [1.807, 2.05) is 16.3 Å². The van der Waals surface area contributed by atoms with Crippen molar-refractivity contribution in [2.24, 2.45) is 0 Å². The van der Waals surface area contributed by atoms with Crippen molar-refractivity contribution >= 4 is 46.4 Å². The molecule has 2 amide bonds. The molecule has 1 aromatic heterocycles. The van der Waals surface area contributed by atoms with Gasteiger partial charge in [-0.3, -0.25) is 9.59 Å². The smallest absolute Gasteiger partial charge is 0.258 e. The summed E-state index contributed by atoms with van der Waals surface area (Å²) < 4.78 is 10.8. The molecular formula is C29H32Cl2N2O4S. The summed E-state index contributed by atoms with van der Waals surface area (Å²) in [5.41, 5.74) is 2.29. The summed E-state index contributed by atoms with van der Waals surface area (Å²) in [7, 11) is 3.08. The SMILES string of the molecule is CCCCCN(CC(=O)N1CCc2sccc2C1c1ccc(Cl)cc1Cl)C(=O)c1ccc(OC)cc1OC. The Kier molecular flexibility index (Phi) is 9.58. The van der Waals surface area contributed by atoms with Crippen LogP contribution in [0.3, 0.4) is 0 Å². The number of ether oxygens (including phenoxy) is 2. The number of rotatable bonds is 10. The van der Waals surface area contributed by atoms with E-state index in [4.69, 9.17) is 32.7 Å². The Balaban J connectivity index is 1.65. The van der Waals surface area contributed by atoms with E-state index in [1.165, 1.54) is 12.0 Å². The molecule has 4 rings (SSSR count). The van der Waals surface area contributed by atoms with Crippen LogP contribution >= 0.6 is 34.5 Å². The third-order valence-corrected chi connectivity index (χ3v) is 8.39. The van der Waals surface area contributed by atoms with Gasteiger partial charge in [-0.05, 0) is 59.7 Å². The van der Waals surface area contributed by atoms with Gasteiger partial charge < -0.3 is 19.3 Å². The van der Waals surface area contributed by atoms with Gasteiger partial charge in [0.25, 0.3) is 5.91 Å². The molecule has 38 heavy (non-hydrogen) atoms. The Labute approximate surface area is 238 Å². The molecule has 1 aliphatic rings. The van der Waals surface area contributed by atoms with Crippen molar-refractivity contribution in [3.05, 3.63) is 79.5 Å². The van der Waals surface area contributed by atoms with Crippen LogP contribution in [-0.2, 0) is 11.2 Å². The van der Waals surface area contributed by atoms with Crippen LogP contribution in [-0.4, -0.2) is 55.5 Å². The molecule has 1 unspecified atom stereocenters. The maximum atomic E-state index is 13.9. The third kappa shape index (κ3) is 6.11. The molecule has 3 aromatic rings. The second-order valence-electron chi connectivity index (χ2n) is 9.20. The topological polar surface area (TPSA) is 59.1 Å². The number of hydrogen-bond acceptors (Lipinski definition) is 5. The van der Waals surface area contributed by atoms with Crippen molar-refractivity contribution in [1.29, 1.82) is 0 Å². The minimum atomic E-state index is -0.342. The first kappa shape index (κ1) is 28.3. The average Bonchev–Trinajstić information content (AvgIpc) is 3.40. The number of hydrogen-bond donors (Lipinski definition) is 0. The Morgan fingerprint density at radius 3 is 2.58 bits per heavy atom. The van der Waals surface area contributed by atoms with Crippen LogP contribution in [0.2, 0.25) is 10.0 Å². The number of nitrogens with zero attached hydrogens (tertiary/aromatic N) is 2. The molecule has 0 radical (unpaired) electrons. The normalized spacial score (nSPS) is 14.7. The number of fused-ring (bicyclic) bond motifs is 1. The predicted octanol–water partition coefficient (Wildman–Crippen LogP) is 6.88. The molecule has 0 aliphatic carbocycles. The fourth-order valence-corrected chi connectivity index (χ4v) is 6.26. The van der Waals surface area contributed by atoms with E-state index < -0.39 is 0 Å². The van der Waals surface area contributed by atoms with Gasteiger partial charge in [0.15, 0.2) is 0 Å². The van der Waals surface area contributed by atoms with Crippen LogP contribution in [0.5, 0.6) is 11.5 Å². The van der Waals surface area contributed by atoms with E-state index in [0.717, 1.165) is 36.8 Å². The van der Waals surface area contributed by atoms with Crippen LogP contribution < -0.4 is 9.47 Å². The summed E-state index contributed by atoms with van der Waals surface area (Å²) in [6.45, 7) is 3.08. The van der Waals surface area contributed by atoms with Gasteiger partial charge in [-0.15, -0.1) is 11.3 Å². The van der Waals surface area contributed by atoms with Crippen LogP contribution in [0.4, 0.5) is 0 Å². The second-order valence-corrected chi connectivity index (χ2v) is 11.0. The minimum absolute atomic E-state index is 0.0427. The van der Waals surface area contributed by atoms with Gasteiger partial charge >= 0.3 is 0 Å². The number of carbonyl (C=O) groups excluding carboxylic acids is 2. The summed E-state index contributed by atoms with van der Waals surface area (Å²) >= 11 is 14.5. The maximum absolute atomic E-state index is 13.9. The highest BCUT2D eigenvalue weighted by Gasteiger charge is 2.35. The highest BCUT2D eigenvalue weighted by molar-refractivity contribution is 7.10. The van der Waals surface area contributed by atoms with Crippen molar-refractivity contribution in [2.45, 2.75) is 38.6 Å². The van der Waals surface area contributed by atoms with E-state index >= 15 is 0 Å². The number of benzene rings is 2. The van der Waals surface area contributed by atoms with E-state index in [9.17, 15) is 9.59 Å². The quantitative estimate of drug-likeness (QED) is 0.248. The summed E-state index contributed by atoms with van der Waals surface area (Å²) in [5.74, 6) is 0.627. The molecule has 202 valence electrons. The fraction of sp³-hybridized carbons (Fsp3) is 0.379. The molecule has 0 fully saturated rings. The molecule has 1 aliphatic heterocycles. The molecule has 0 bridgehead atoms. The van der Waals surface area contributed by atoms with Crippen molar-refractivity contribution in [2.75, 3.05) is 33.9 Å². The van der Waals surface area contributed by atoms with Crippen molar-refractivity contribution in [3.63, 3.8) is 0 Å². The zero-order chi connectivity index (χ0) is 27.2. The van der Waals surface area contributed by atoms with E-state index in [-0.39, 0.29) is 24.4 Å². The monoisotopic (exact) mass is 574 g/mol. The Morgan fingerprint density at radius 1 is 1.05 bits per heavy atom. The van der Waals surface area contributed by atoms with Crippen molar-refractivity contribution in [1.82, 2.24) is 9.80 Å². The van der Waals surface area contributed by atoms with Gasteiger partial charge in [0, 0.05) is 34.1 Å². The first-order chi connectivity index (χ1) is 18.4. The number of methoxy groups -OCH3 is 2. The number of amides is 2. The van der Waals surface area contributed by atoms with Gasteiger partial charge in [-0.1, -0.05) is 49.0 Å². The van der Waals surface area contributed by atoms with Crippen LogP contribution in [0.15, 0.2) is 47.8 Å². The van der Waals surface area contributed by atoms with Gasteiger partial charge in [-0.2, -0.15) is 0 Å². The molecular weight excluding hydrogens is 543 g/mol. The van der Waals surface area contributed by atoms with Crippen molar-refractivity contribution in [3.8, 4) is 11.5 Å². The van der Waals surface area contributed by atoms with Crippen LogP contribution in [0.1, 0.15) is 58.6 Å². The summed E-state index contributed by atoms with van der Waals surface area (Å²) in [5, 5.41) is 3.10. The molecule has 6 nitrogen and oxygen atoms in total. The summed E-state index contributed by atoms with van der Waals surface area (Å²) in [6.07, 6.45) is 3.53. The average molecular weight is 576 g/mol. The molecule has 9 heteroatoms. The lowest BCUT2D eigenvalue weighted by Gasteiger charge is -2.38. The third-order valence-electron chi connectivity index (χ3n) is 6.83. The lowest BCUT2D eigenvalue weighted by atomic mass is 9.93. The first-order valence-electron chi connectivity index (χ1n) is 12.7. The van der Waals surface area contributed by atoms with E-state index in [0.29, 0.717) is 40.2 Å². The van der Waals surface area contributed by atoms with Gasteiger partial charge in [-0.25, -0.2) is 0 Å². The molecule has 2 aromatic carbocycles. The molecule has 2 heterocycles. The van der Waals surface area contributed by atoms with Crippen molar-refractivity contribution < 1.29 is 19.1 Å². The number of unbranched alkanes of at least 4 members (excludes halogenated alkanes) is 2. The van der Waals surface area contributed by atoms with Gasteiger partial charge in [0.1, 0.15) is 18.0 Å². The number of carbonyl (C=O) groups is 2. The maximum Gasteiger partial charge on any atom is 0.258 e.